The van der Waals surface area contributed by atoms with Gasteiger partial charge in [0.2, 0.25) is 5.91 Å². The number of amides is 3. The minimum absolute atomic E-state index is 0. The number of rotatable bonds is 9. The molecular weight excluding hydrogens is 663 g/mol. The number of hydrogen-bond donors (Lipinski definition) is 5. The largest absolute Gasteiger partial charge is 0.408 e. The van der Waals surface area contributed by atoms with Crippen LogP contribution in [-0.4, -0.2) is 57.5 Å². The lowest BCUT2D eigenvalue weighted by molar-refractivity contribution is -0.149. The first kappa shape index (κ1) is 37.3. The topological polar surface area (TPSA) is 180 Å². The highest BCUT2D eigenvalue weighted by Crippen LogP contribution is 2.32. The number of carbonyl (C=O) groups excluding carboxylic acids is 3. The van der Waals surface area contributed by atoms with E-state index in [4.69, 9.17) is 11.5 Å². The van der Waals surface area contributed by atoms with Crippen molar-refractivity contribution in [2.24, 2.45) is 23.3 Å². The van der Waals surface area contributed by atoms with Crippen molar-refractivity contribution in [3.8, 4) is 11.1 Å². The molecule has 1 aliphatic rings. The van der Waals surface area contributed by atoms with Crippen molar-refractivity contribution < 1.29 is 27.6 Å². The number of halogens is 4. The maximum atomic E-state index is 13.9. The van der Waals surface area contributed by atoms with Gasteiger partial charge in [-0.2, -0.15) is 13.2 Å². The van der Waals surface area contributed by atoms with Crippen LogP contribution in [0.3, 0.4) is 0 Å². The number of hydrogen-bond acceptors (Lipinski definition) is 7. The average Bonchev–Trinajstić information content (AvgIpc) is 3.44. The molecule has 5 rings (SSSR count). The first-order chi connectivity index (χ1) is 22.7. The normalized spacial score (nSPS) is 17.5. The minimum Gasteiger partial charge on any atom is -0.339 e. The number of aromatic amines is 2. The fourth-order valence-corrected chi connectivity index (χ4v) is 6.02. The molecule has 0 bridgehead atoms. The van der Waals surface area contributed by atoms with Gasteiger partial charge in [-0.15, -0.1) is 12.4 Å². The molecule has 49 heavy (non-hydrogen) atoms. The van der Waals surface area contributed by atoms with E-state index in [1.807, 2.05) is 5.32 Å². The van der Waals surface area contributed by atoms with Gasteiger partial charge in [0.15, 0.2) is 0 Å². The van der Waals surface area contributed by atoms with E-state index in [9.17, 15) is 32.3 Å². The number of imidazole rings is 1. The highest BCUT2D eigenvalue weighted by Gasteiger charge is 2.38. The quantitative estimate of drug-likeness (QED) is 0.170. The SMILES string of the molecule is Cc1nc(C(=O)NC(C)C(F)(F)F)ccc1-c1ccc(C[C@H](N)C(=O)N(c2ccc3[nH]c(=O)[nH]c3c2)C(=O)[C@H]2CC[C@H](CN)CC2)cc1.Cl. The number of aromatic nitrogens is 3. The number of alkyl halides is 3. The van der Waals surface area contributed by atoms with Gasteiger partial charge >= 0.3 is 11.9 Å². The van der Waals surface area contributed by atoms with Crippen LogP contribution in [0.25, 0.3) is 22.2 Å². The second-order valence-electron chi connectivity index (χ2n) is 12.3. The summed E-state index contributed by atoms with van der Waals surface area (Å²) in [6.07, 6.45) is -1.65. The highest BCUT2D eigenvalue weighted by atomic mass is 35.5. The molecule has 2 atom stereocenters. The summed E-state index contributed by atoms with van der Waals surface area (Å²) in [7, 11) is 0. The van der Waals surface area contributed by atoms with Crippen molar-refractivity contribution in [3.05, 3.63) is 82.0 Å². The summed E-state index contributed by atoms with van der Waals surface area (Å²) in [4.78, 5) is 62.6. The van der Waals surface area contributed by atoms with Gasteiger partial charge in [-0.3, -0.25) is 14.4 Å². The number of nitrogens with two attached hydrogens (primary N) is 2. The maximum Gasteiger partial charge on any atom is 0.408 e. The molecule has 0 saturated heterocycles. The zero-order chi connectivity index (χ0) is 34.7. The maximum absolute atomic E-state index is 13.9. The fraction of sp³-hybridized carbons (Fsp3) is 0.382. The Balaban J connectivity index is 0.00000541. The van der Waals surface area contributed by atoms with Gasteiger partial charge in [-0.05, 0) is 93.8 Å². The molecule has 4 aromatic rings. The molecule has 2 aromatic carbocycles. The number of carbonyl (C=O) groups is 3. The van der Waals surface area contributed by atoms with Crippen molar-refractivity contribution in [1.29, 1.82) is 0 Å². The molecule has 3 amide bonds. The van der Waals surface area contributed by atoms with Crippen LogP contribution in [0.1, 0.15) is 54.4 Å². The Hall–Kier alpha value is -4.53. The molecule has 2 heterocycles. The van der Waals surface area contributed by atoms with Crippen LogP contribution in [-0.2, 0) is 16.0 Å². The molecule has 0 aliphatic heterocycles. The lowest BCUT2D eigenvalue weighted by Gasteiger charge is -2.32. The van der Waals surface area contributed by atoms with Gasteiger partial charge in [0.1, 0.15) is 11.7 Å². The van der Waals surface area contributed by atoms with Crippen LogP contribution in [0.4, 0.5) is 18.9 Å². The van der Waals surface area contributed by atoms with Crippen LogP contribution < -0.4 is 27.4 Å². The molecule has 11 nitrogen and oxygen atoms in total. The molecule has 262 valence electrons. The van der Waals surface area contributed by atoms with E-state index in [-0.39, 0.29) is 36.3 Å². The number of nitrogens with one attached hydrogen (secondary N) is 3. The summed E-state index contributed by atoms with van der Waals surface area (Å²) in [5.74, 6) is -1.87. The van der Waals surface area contributed by atoms with Gasteiger partial charge in [-0.1, -0.05) is 30.3 Å². The molecule has 2 aromatic heterocycles. The Morgan fingerprint density at radius 1 is 1.00 bits per heavy atom. The molecular formula is C34H39ClF3N7O4. The summed E-state index contributed by atoms with van der Waals surface area (Å²) in [6.45, 7) is 3.06. The van der Waals surface area contributed by atoms with E-state index < -0.39 is 35.8 Å². The fourth-order valence-electron chi connectivity index (χ4n) is 6.02. The summed E-state index contributed by atoms with van der Waals surface area (Å²) >= 11 is 0. The van der Waals surface area contributed by atoms with Crippen molar-refractivity contribution >= 4 is 46.8 Å². The van der Waals surface area contributed by atoms with Gasteiger partial charge < -0.3 is 26.8 Å². The molecule has 0 spiro atoms. The molecule has 1 unspecified atom stereocenters. The van der Waals surface area contributed by atoms with E-state index in [1.54, 1.807) is 55.5 Å². The third-order valence-corrected chi connectivity index (χ3v) is 8.92. The number of H-pyrrole nitrogens is 2. The van der Waals surface area contributed by atoms with E-state index in [2.05, 4.69) is 15.0 Å². The van der Waals surface area contributed by atoms with Crippen LogP contribution in [0, 0.1) is 18.8 Å². The second kappa shape index (κ2) is 15.3. The van der Waals surface area contributed by atoms with Crippen molar-refractivity contribution in [2.75, 3.05) is 11.4 Å². The van der Waals surface area contributed by atoms with Crippen molar-refractivity contribution in [3.63, 3.8) is 0 Å². The predicted molar refractivity (Wildman–Crippen MR) is 182 cm³/mol. The number of benzene rings is 2. The van der Waals surface area contributed by atoms with E-state index in [0.717, 1.165) is 35.8 Å². The Morgan fingerprint density at radius 2 is 1.65 bits per heavy atom. The zero-order valence-corrected chi connectivity index (χ0v) is 27.8. The third-order valence-electron chi connectivity index (χ3n) is 8.92. The number of anilines is 1. The van der Waals surface area contributed by atoms with E-state index in [0.29, 0.717) is 53.3 Å². The number of aryl methyl sites for hydroxylation is 1. The highest BCUT2D eigenvalue weighted by molar-refractivity contribution is 6.17. The standard InChI is InChI=1S/C34H38F3N7O4.ClH/c1-18-25(12-14-28(40-18)30(45)41-19(2)34(35,36)37)22-7-3-20(4-8-22)15-26(39)32(47)44(31(46)23-9-5-21(17-38)6-10-23)24-11-13-27-29(16-24)43-33(48)42-27;/h3-4,7-8,11-14,16,19,21,23,26H,5-6,9-10,15,17,38-39H2,1-2H3,(H,41,45)(H2,42,43,48);1H/t19?,21-,23-,26-;/m0./s1. The lowest BCUT2D eigenvalue weighted by Crippen LogP contribution is -2.50. The summed E-state index contributed by atoms with van der Waals surface area (Å²) in [5, 5.41) is 1.90. The molecule has 7 N–H and O–H groups in total. The van der Waals surface area contributed by atoms with Gasteiger partial charge in [0.25, 0.3) is 11.8 Å². The monoisotopic (exact) mass is 701 g/mol. The van der Waals surface area contributed by atoms with Crippen LogP contribution in [0.5, 0.6) is 0 Å². The number of nitrogens with zero attached hydrogens (tertiary/aromatic N) is 2. The summed E-state index contributed by atoms with van der Waals surface area (Å²) < 4.78 is 38.6. The van der Waals surface area contributed by atoms with E-state index in [1.165, 1.54) is 6.07 Å². The van der Waals surface area contributed by atoms with Crippen molar-refractivity contribution in [1.82, 2.24) is 20.3 Å². The Morgan fingerprint density at radius 3 is 2.27 bits per heavy atom. The van der Waals surface area contributed by atoms with Gasteiger partial charge in [0.05, 0.1) is 22.8 Å². The smallest absolute Gasteiger partial charge is 0.339 e. The number of fused-ring (bicyclic) bond motifs is 1. The van der Waals surface area contributed by atoms with Gasteiger partial charge in [0, 0.05) is 17.2 Å². The van der Waals surface area contributed by atoms with Crippen LogP contribution in [0.2, 0.25) is 0 Å². The first-order valence-corrected chi connectivity index (χ1v) is 15.7. The van der Waals surface area contributed by atoms with Crippen molar-refractivity contribution in [2.45, 2.75) is 64.2 Å². The zero-order valence-electron chi connectivity index (χ0n) is 27.0. The Kier molecular flexibility index (Phi) is 11.7. The first-order valence-electron chi connectivity index (χ1n) is 15.7. The van der Waals surface area contributed by atoms with Gasteiger partial charge in [-0.25, -0.2) is 14.7 Å². The molecule has 0 radical (unpaired) electrons. The van der Waals surface area contributed by atoms with Crippen LogP contribution >= 0.6 is 12.4 Å². The Bertz CT molecular complexity index is 1870. The molecule has 1 saturated carbocycles. The third kappa shape index (κ3) is 8.56. The summed E-state index contributed by atoms with van der Waals surface area (Å²) in [6, 6.07) is 11.8. The van der Waals surface area contributed by atoms with E-state index >= 15 is 0 Å². The summed E-state index contributed by atoms with van der Waals surface area (Å²) in [5.41, 5.74) is 15.6. The average molecular weight is 702 g/mol. The molecule has 1 aliphatic carbocycles. The lowest BCUT2D eigenvalue weighted by atomic mass is 9.81. The Labute approximate surface area is 286 Å². The second-order valence-corrected chi connectivity index (χ2v) is 12.3. The van der Waals surface area contributed by atoms with Crippen LogP contribution in [0.15, 0.2) is 59.4 Å². The minimum atomic E-state index is -4.57. The molecule has 15 heteroatoms. The number of imide groups is 1. The predicted octanol–water partition coefficient (Wildman–Crippen LogP) is 4.52. The number of pyridine rings is 1. The molecule has 1 fully saturated rings.